The second kappa shape index (κ2) is 5.04. The summed E-state index contributed by atoms with van der Waals surface area (Å²) in [5.74, 6) is -2.02. The van der Waals surface area contributed by atoms with Crippen molar-refractivity contribution < 1.29 is 19.4 Å². The zero-order chi connectivity index (χ0) is 13.2. The average Bonchev–Trinajstić information content (AvgIpc) is 2.78. The van der Waals surface area contributed by atoms with E-state index < -0.39 is 23.2 Å². The van der Waals surface area contributed by atoms with Crippen LogP contribution in [0.25, 0.3) is 0 Å². The average molecular weight is 243 g/mol. The first-order chi connectivity index (χ1) is 7.82. The van der Waals surface area contributed by atoms with Crippen LogP contribution in [-0.4, -0.2) is 36.7 Å². The summed E-state index contributed by atoms with van der Waals surface area (Å²) < 4.78 is 4.93. The quantitative estimate of drug-likeness (QED) is 0.726. The zero-order valence-corrected chi connectivity index (χ0v) is 10.8. The molecule has 3 unspecified atom stereocenters. The molecule has 2 N–H and O–H groups in total. The maximum Gasteiger partial charge on any atom is 0.307 e. The first kappa shape index (κ1) is 14.0. The normalized spacial score (nSPS) is 27.3. The molecule has 0 bridgehead atoms. The molecule has 0 aromatic carbocycles. The maximum atomic E-state index is 11.9. The minimum absolute atomic E-state index is 0.00768. The topological polar surface area (TPSA) is 75.6 Å². The Kier molecular flexibility index (Phi) is 4.14. The summed E-state index contributed by atoms with van der Waals surface area (Å²) in [6, 6.07) is 0.00768. The van der Waals surface area contributed by atoms with Crippen LogP contribution in [0.2, 0.25) is 0 Å². The lowest BCUT2D eigenvalue weighted by atomic mass is 10.1. The van der Waals surface area contributed by atoms with Crippen LogP contribution in [0, 0.1) is 17.3 Å². The summed E-state index contributed by atoms with van der Waals surface area (Å²) in [5, 5.41) is 11.8. The van der Waals surface area contributed by atoms with Gasteiger partial charge >= 0.3 is 5.97 Å². The van der Waals surface area contributed by atoms with Crippen molar-refractivity contribution >= 4 is 11.9 Å². The minimum atomic E-state index is -0.889. The van der Waals surface area contributed by atoms with Crippen molar-refractivity contribution in [2.45, 2.75) is 33.2 Å². The minimum Gasteiger partial charge on any atom is -0.481 e. The maximum absolute atomic E-state index is 11.9. The third kappa shape index (κ3) is 2.97. The van der Waals surface area contributed by atoms with Crippen LogP contribution in [0.3, 0.4) is 0 Å². The summed E-state index contributed by atoms with van der Waals surface area (Å²) >= 11 is 0. The van der Waals surface area contributed by atoms with E-state index in [1.165, 1.54) is 0 Å². The zero-order valence-electron chi connectivity index (χ0n) is 10.8. The molecule has 0 aromatic rings. The lowest BCUT2D eigenvalue weighted by molar-refractivity contribution is -0.140. The van der Waals surface area contributed by atoms with Gasteiger partial charge < -0.3 is 15.2 Å². The highest BCUT2D eigenvalue weighted by Gasteiger charge is 2.65. The van der Waals surface area contributed by atoms with Crippen LogP contribution >= 0.6 is 0 Å². The van der Waals surface area contributed by atoms with E-state index in [0.717, 1.165) is 6.42 Å². The molecule has 98 valence electrons. The number of nitrogens with one attached hydrogen (secondary N) is 1. The molecule has 0 aliphatic heterocycles. The van der Waals surface area contributed by atoms with Gasteiger partial charge in [0.25, 0.3) is 0 Å². The molecule has 5 nitrogen and oxygen atoms in total. The molecule has 1 aliphatic rings. The van der Waals surface area contributed by atoms with Gasteiger partial charge in [-0.05, 0) is 18.8 Å². The number of carboxylic acids is 1. The van der Waals surface area contributed by atoms with Gasteiger partial charge in [0.15, 0.2) is 0 Å². The molecule has 5 heteroatoms. The van der Waals surface area contributed by atoms with E-state index in [2.05, 4.69) is 5.32 Å². The molecule has 0 heterocycles. The SMILES string of the molecule is COCCC(C)NC(=O)C1C(C(=O)O)C1(C)C. The van der Waals surface area contributed by atoms with Crippen LogP contribution in [0.1, 0.15) is 27.2 Å². The van der Waals surface area contributed by atoms with Gasteiger partial charge in [-0.2, -0.15) is 0 Å². The van der Waals surface area contributed by atoms with E-state index in [-0.39, 0.29) is 11.9 Å². The van der Waals surface area contributed by atoms with Gasteiger partial charge in [0.05, 0.1) is 11.8 Å². The van der Waals surface area contributed by atoms with Gasteiger partial charge in [0.2, 0.25) is 5.91 Å². The van der Waals surface area contributed by atoms with Crippen LogP contribution in [0.15, 0.2) is 0 Å². The molecule has 1 fully saturated rings. The Hall–Kier alpha value is -1.10. The second-order valence-electron chi connectivity index (χ2n) is 5.31. The Morgan fingerprint density at radius 3 is 2.41 bits per heavy atom. The number of rotatable bonds is 6. The summed E-state index contributed by atoms with van der Waals surface area (Å²) in [7, 11) is 1.61. The van der Waals surface area contributed by atoms with Gasteiger partial charge in [0.1, 0.15) is 0 Å². The molecule has 1 amide bonds. The first-order valence-corrected chi connectivity index (χ1v) is 5.84. The van der Waals surface area contributed by atoms with Gasteiger partial charge in [-0.25, -0.2) is 0 Å². The standard InChI is InChI=1S/C12H21NO4/c1-7(5-6-17-4)13-10(14)8-9(11(15)16)12(8,2)3/h7-9H,5-6H2,1-4H3,(H,13,14)(H,15,16). The Labute approximate surface area is 102 Å². The second-order valence-corrected chi connectivity index (χ2v) is 5.31. The molecule has 3 atom stereocenters. The van der Waals surface area contributed by atoms with Crippen molar-refractivity contribution in [3.63, 3.8) is 0 Å². The molecule has 1 saturated carbocycles. The van der Waals surface area contributed by atoms with Gasteiger partial charge in [0, 0.05) is 19.8 Å². The number of carbonyl (C=O) groups is 2. The molecule has 0 aromatic heterocycles. The van der Waals surface area contributed by atoms with E-state index in [0.29, 0.717) is 6.61 Å². The van der Waals surface area contributed by atoms with E-state index >= 15 is 0 Å². The molecular formula is C12H21NO4. The molecule has 1 aliphatic carbocycles. The fourth-order valence-electron chi connectivity index (χ4n) is 2.29. The van der Waals surface area contributed by atoms with Crippen molar-refractivity contribution in [1.82, 2.24) is 5.32 Å². The van der Waals surface area contributed by atoms with Crippen LogP contribution < -0.4 is 5.32 Å². The molecule has 0 spiro atoms. The molecule has 0 radical (unpaired) electrons. The molecular weight excluding hydrogens is 222 g/mol. The van der Waals surface area contributed by atoms with Crippen LogP contribution in [0.5, 0.6) is 0 Å². The fraction of sp³-hybridized carbons (Fsp3) is 0.833. The largest absolute Gasteiger partial charge is 0.481 e. The first-order valence-electron chi connectivity index (χ1n) is 5.84. The van der Waals surface area contributed by atoms with Gasteiger partial charge in [-0.3, -0.25) is 9.59 Å². The predicted octanol–water partition coefficient (Wildman–Crippen LogP) is 0.884. The highest BCUT2D eigenvalue weighted by Crippen LogP contribution is 2.58. The summed E-state index contributed by atoms with van der Waals surface area (Å²) in [6.45, 7) is 6.10. The number of amides is 1. The lowest BCUT2D eigenvalue weighted by Gasteiger charge is -2.13. The number of methoxy groups -OCH3 is 1. The number of hydrogen-bond acceptors (Lipinski definition) is 3. The highest BCUT2D eigenvalue weighted by molar-refractivity contribution is 5.91. The van der Waals surface area contributed by atoms with E-state index in [1.807, 2.05) is 20.8 Å². The molecule has 17 heavy (non-hydrogen) atoms. The van der Waals surface area contributed by atoms with E-state index in [4.69, 9.17) is 9.84 Å². The summed E-state index contributed by atoms with van der Waals surface area (Å²) in [5.41, 5.74) is -0.434. The summed E-state index contributed by atoms with van der Waals surface area (Å²) in [6.07, 6.45) is 0.729. The Morgan fingerprint density at radius 2 is 2.00 bits per heavy atom. The smallest absolute Gasteiger partial charge is 0.307 e. The van der Waals surface area contributed by atoms with Crippen molar-refractivity contribution in [1.29, 1.82) is 0 Å². The van der Waals surface area contributed by atoms with Crippen LogP contribution in [-0.2, 0) is 14.3 Å². The number of carbonyl (C=O) groups excluding carboxylic acids is 1. The van der Waals surface area contributed by atoms with Crippen molar-refractivity contribution in [2.75, 3.05) is 13.7 Å². The van der Waals surface area contributed by atoms with E-state index in [9.17, 15) is 9.59 Å². The van der Waals surface area contributed by atoms with E-state index in [1.54, 1.807) is 7.11 Å². The van der Waals surface area contributed by atoms with Crippen LogP contribution in [0.4, 0.5) is 0 Å². The Balaban J connectivity index is 2.47. The van der Waals surface area contributed by atoms with Crippen molar-refractivity contribution in [2.24, 2.45) is 17.3 Å². The molecule has 0 saturated heterocycles. The third-order valence-corrected chi connectivity index (χ3v) is 3.52. The number of carboxylic acid groups (broad SMARTS) is 1. The Bertz CT molecular complexity index is 314. The number of hydrogen-bond donors (Lipinski definition) is 2. The number of ether oxygens (including phenoxy) is 1. The van der Waals surface area contributed by atoms with Crippen molar-refractivity contribution in [3.8, 4) is 0 Å². The monoisotopic (exact) mass is 243 g/mol. The predicted molar refractivity (Wildman–Crippen MR) is 62.5 cm³/mol. The van der Waals surface area contributed by atoms with Crippen molar-refractivity contribution in [3.05, 3.63) is 0 Å². The third-order valence-electron chi connectivity index (χ3n) is 3.52. The van der Waals surface area contributed by atoms with Gasteiger partial charge in [-0.1, -0.05) is 13.8 Å². The van der Waals surface area contributed by atoms with Gasteiger partial charge in [-0.15, -0.1) is 0 Å². The lowest BCUT2D eigenvalue weighted by Crippen LogP contribution is -2.35. The highest BCUT2D eigenvalue weighted by atomic mass is 16.5. The fourth-order valence-corrected chi connectivity index (χ4v) is 2.29. The summed E-state index contributed by atoms with van der Waals surface area (Å²) in [4.78, 5) is 22.8. The Morgan fingerprint density at radius 1 is 1.41 bits per heavy atom. The molecule has 1 rings (SSSR count). The number of aliphatic carboxylic acids is 1.